The van der Waals surface area contributed by atoms with Gasteiger partial charge < -0.3 is 15.5 Å². The van der Waals surface area contributed by atoms with Crippen molar-refractivity contribution in [2.24, 2.45) is 0 Å². The second-order valence-electron chi connectivity index (χ2n) is 5.83. The van der Waals surface area contributed by atoms with Gasteiger partial charge in [0.1, 0.15) is 0 Å². The predicted molar refractivity (Wildman–Crippen MR) is 103 cm³/mol. The van der Waals surface area contributed by atoms with Gasteiger partial charge in [0.05, 0.1) is 0 Å². The molecule has 0 aliphatic carbocycles. The number of rotatable bonds is 10. The van der Waals surface area contributed by atoms with Crippen molar-refractivity contribution >= 4 is 28.8 Å². The Morgan fingerprint density at radius 3 is 2.56 bits per heavy atom. The van der Waals surface area contributed by atoms with Gasteiger partial charge in [-0.05, 0) is 36.4 Å². The summed E-state index contributed by atoms with van der Waals surface area (Å²) in [5.74, 6) is -0.153. The molecular weight excluding hydrogens is 334 g/mol. The molecule has 5 nitrogen and oxygen atoms in total. The number of carbonyl (C=O) groups is 2. The van der Waals surface area contributed by atoms with E-state index in [1.807, 2.05) is 23.6 Å². The molecule has 0 saturated carbocycles. The van der Waals surface area contributed by atoms with Gasteiger partial charge in [-0.2, -0.15) is 11.3 Å². The standard InChI is InChI=1S/C19H25N3O2S/c1-22(17-7-3-2-4-8-17)13-6-5-11-20-18(23)9-12-21-19(24)16-10-14-25-15-16/h2-4,7-8,10,14-15H,5-6,9,11-13H2,1H3,(H,20,23)(H,21,24). The Balaban J connectivity index is 1.50. The predicted octanol–water partition coefficient (Wildman–Crippen LogP) is 2.90. The monoisotopic (exact) mass is 359 g/mol. The summed E-state index contributed by atoms with van der Waals surface area (Å²) < 4.78 is 0. The molecule has 2 amide bonds. The van der Waals surface area contributed by atoms with E-state index in [4.69, 9.17) is 0 Å². The van der Waals surface area contributed by atoms with E-state index >= 15 is 0 Å². The highest BCUT2D eigenvalue weighted by Gasteiger charge is 2.06. The second-order valence-corrected chi connectivity index (χ2v) is 6.61. The summed E-state index contributed by atoms with van der Waals surface area (Å²) in [6.07, 6.45) is 2.25. The van der Waals surface area contributed by atoms with Crippen LogP contribution in [0.5, 0.6) is 0 Å². The molecule has 1 aromatic carbocycles. The van der Waals surface area contributed by atoms with Gasteiger partial charge in [-0.3, -0.25) is 9.59 Å². The molecule has 2 aromatic rings. The maximum Gasteiger partial charge on any atom is 0.252 e. The molecule has 0 fully saturated rings. The maximum absolute atomic E-state index is 11.8. The van der Waals surface area contributed by atoms with Crippen molar-refractivity contribution in [3.05, 3.63) is 52.7 Å². The van der Waals surface area contributed by atoms with E-state index in [-0.39, 0.29) is 11.8 Å². The summed E-state index contributed by atoms with van der Waals surface area (Å²) in [7, 11) is 2.07. The van der Waals surface area contributed by atoms with E-state index in [2.05, 4.69) is 34.7 Å². The lowest BCUT2D eigenvalue weighted by atomic mass is 10.2. The number of nitrogens with one attached hydrogen (secondary N) is 2. The first-order chi connectivity index (χ1) is 12.2. The largest absolute Gasteiger partial charge is 0.375 e. The van der Waals surface area contributed by atoms with E-state index in [0.717, 1.165) is 19.4 Å². The highest BCUT2D eigenvalue weighted by atomic mass is 32.1. The first-order valence-corrected chi connectivity index (χ1v) is 9.44. The highest BCUT2D eigenvalue weighted by Crippen LogP contribution is 2.11. The Morgan fingerprint density at radius 2 is 1.84 bits per heavy atom. The normalized spacial score (nSPS) is 10.3. The molecule has 134 valence electrons. The van der Waals surface area contributed by atoms with Crippen LogP contribution in [0.4, 0.5) is 5.69 Å². The molecule has 0 aliphatic heterocycles. The molecule has 2 N–H and O–H groups in total. The van der Waals surface area contributed by atoms with Crippen molar-refractivity contribution in [1.29, 1.82) is 0 Å². The summed E-state index contributed by atoms with van der Waals surface area (Å²) in [5.41, 5.74) is 1.85. The highest BCUT2D eigenvalue weighted by molar-refractivity contribution is 7.08. The number of benzene rings is 1. The molecule has 0 spiro atoms. The van der Waals surface area contributed by atoms with Gasteiger partial charge >= 0.3 is 0 Å². The molecule has 25 heavy (non-hydrogen) atoms. The average molecular weight is 359 g/mol. The van der Waals surface area contributed by atoms with Crippen LogP contribution in [0.3, 0.4) is 0 Å². The van der Waals surface area contributed by atoms with E-state index in [9.17, 15) is 9.59 Å². The van der Waals surface area contributed by atoms with Crippen LogP contribution in [-0.4, -0.2) is 38.5 Å². The zero-order valence-corrected chi connectivity index (χ0v) is 15.3. The molecule has 1 aromatic heterocycles. The molecule has 0 bridgehead atoms. The second kappa shape index (κ2) is 10.5. The summed E-state index contributed by atoms with van der Waals surface area (Å²) in [4.78, 5) is 25.7. The minimum Gasteiger partial charge on any atom is -0.375 e. The first kappa shape index (κ1) is 19.0. The van der Waals surface area contributed by atoms with Gasteiger partial charge in [0, 0.05) is 49.7 Å². The zero-order valence-electron chi connectivity index (χ0n) is 14.5. The van der Waals surface area contributed by atoms with Crippen molar-refractivity contribution < 1.29 is 9.59 Å². The lowest BCUT2D eigenvalue weighted by Crippen LogP contribution is -2.31. The molecule has 6 heteroatoms. The van der Waals surface area contributed by atoms with Crippen molar-refractivity contribution in [2.45, 2.75) is 19.3 Å². The smallest absolute Gasteiger partial charge is 0.252 e. The van der Waals surface area contributed by atoms with Gasteiger partial charge in [-0.1, -0.05) is 18.2 Å². The Morgan fingerprint density at radius 1 is 1.04 bits per heavy atom. The van der Waals surface area contributed by atoms with Gasteiger partial charge in [-0.15, -0.1) is 0 Å². The number of anilines is 1. The third-order valence-electron chi connectivity index (χ3n) is 3.86. The zero-order chi connectivity index (χ0) is 17.9. The Kier molecular flexibility index (Phi) is 7.98. The molecule has 0 saturated heterocycles. The van der Waals surface area contributed by atoms with Gasteiger partial charge in [0.15, 0.2) is 0 Å². The van der Waals surface area contributed by atoms with Crippen molar-refractivity contribution in [1.82, 2.24) is 10.6 Å². The van der Waals surface area contributed by atoms with Crippen LogP contribution < -0.4 is 15.5 Å². The van der Waals surface area contributed by atoms with Crippen molar-refractivity contribution in [3.8, 4) is 0 Å². The molecular formula is C19H25N3O2S. The third-order valence-corrected chi connectivity index (χ3v) is 4.54. The molecule has 2 rings (SSSR count). The van der Waals surface area contributed by atoms with Crippen LogP contribution >= 0.6 is 11.3 Å². The topological polar surface area (TPSA) is 61.4 Å². The molecule has 0 atom stereocenters. The average Bonchev–Trinajstić information content (AvgIpc) is 3.16. The molecule has 1 heterocycles. The summed E-state index contributed by atoms with van der Waals surface area (Å²) in [5, 5.41) is 9.30. The summed E-state index contributed by atoms with van der Waals surface area (Å²) >= 11 is 1.48. The van der Waals surface area contributed by atoms with E-state index in [0.29, 0.717) is 25.1 Å². The first-order valence-electron chi connectivity index (χ1n) is 8.50. The van der Waals surface area contributed by atoms with Crippen molar-refractivity contribution in [3.63, 3.8) is 0 Å². The van der Waals surface area contributed by atoms with Gasteiger partial charge in [-0.25, -0.2) is 0 Å². The lowest BCUT2D eigenvalue weighted by molar-refractivity contribution is -0.120. The Labute approximate surface area is 153 Å². The van der Waals surface area contributed by atoms with Crippen LogP contribution in [0.15, 0.2) is 47.2 Å². The third kappa shape index (κ3) is 6.97. The Hall–Kier alpha value is -2.34. The molecule has 0 unspecified atom stereocenters. The van der Waals surface area contributed by atoms with Crippen LogP contribution in [0.2, 0.25) is 0 Å². The number of hydrogen-bond donors (Lipinski definition) is 2. The van der Waals surface area contributed by atoms with Crippen molar-refractivity contribution in [2.75, 3.05) is 31.6 Å². The van der Waals surface area contributed by atoms with Crippen LogP contribution in [0.25, 0.3) is 0 Å². The number of hydrogen-bond acceptors (Lipinski definition) is 4. The summed E-state index contributed by atoms with van der Waals surface area (Å²) in [6.45, 7) is 1.98. The number of unbranched alkanes of at least 4 members (excludes halogenated alkanes) is 1. The fourth-order valence-electron chi connectivity index (χ4n) is 2.39. The minimum absolute atomic E-state index is 0.0259. The quantitative estimate of drug-likeness (QED) is 0.641. The Bertz CT molecular complexity index is 644. The number of nitrogens with zero attached hydrogens (tertiary/aromatic N) is 1. The lowest BCUT2D eigenvalue weighted by Gasteiger charge is -2.19. The fraction of sp³-hybridized carbons (Fsp3) is 0.368. The van der Waals surface area contributed by atoms with E-state index in [1.165, 1.54) is 17.0 Å². The number of para-hydroxylation sites is 1. The number of amides is 2. The van der Waals surface area contributed by atoms with Crippen LogP contribution in [-0.2, 0) is 4.79 Å². The summed E-state index contributed by atoms with van der Waals surface area (Å²) in [6, 6.07) is 12.0. The van der Waals surface area contributed by atoms with E-state index < -0.39 is 0 Å². The number of thiophene rings is 1. The van der Waals surface area contributed by atoms with Gasteiger partial charge in [0.2, 0.25) is 5.91 Å². The molecule has 0 aliphatic rings. The fourth-order valence-corrected chi connectivity index (χ4v) is 3.02. The molecule has 0 radical (unpaired) electrons. The SMILES string of the molecule is CN(CCCCNC(=O)CCNC(=O)c1ccsc1)c1ccccc1. The van der Waals surface area contributed by atoms with E-state index in [1.54, 1.807) is 11.4 Å². The van der Waals surface area contributed by atoms with Crippen LogP contribution in [0, 0.1) is 0 Å². The maximum atomic E-state index is 11.8. The number of carbonyl (C=O) groups excluding carboxylic acids is 2. The van der Waals surface area contributed by atoms with Crippen LogP contribution in [0.1, 0.15) is 29.6 Å². The minimum atomic E-state index is -0.127. The van der Waals surface area contributed by atoms with Gasteiger partial charge in [0.25, 0.3) is 5.91 Å².